The molecule has 1 aliphatic heterocycles. The second kappa shape index (κ2) is 2.19. The van der Waals surface area contributed by atoms with E-state index in [9.17, 15) is 4.21 Å². The second-order valence-corrected chi connectivity index (χ2v) is 6.72. The number of hydrogen-bond donors (Lipinski definition) is 1. The van der Waals surface area contributed by atoms with E-state index in [2.05, 4.69) is 18.6 Å². The van der Waals surface area contributed by atoms with Gasteiger partial charge in [-0.1, -0.05) is 13.8 Å². The summed E-state index contributed by atoms with van der Waals surface area (Å²) in [6.07, 6.45) is 3.93. The molecule has 3 fully saturated rings. The maximum Gasteiger partial charge on any atom is 0.0924 e. The molecule has 4 atom stereocenters. The Labute approximate surface area is 82.1 Å². The lowest BCUT2D eigenvalue weighted by atomic mass is 9.69. The molecule has 3 heteroatoms. The Balaban J connectivity index is 2.09. The molecule has 2 bridgehead atoms. The van der Waals surface area contributed by atoms with Crippen LogP contribution in [0.1, 0.15) is 33.1 Å². The standard InChI is InChI=1S/C10H17NOS/c1-9(2)7-3-4-10(9)6-13(12)11-8(10)5-7/h7-8,11H,3-6H2,1-2H3/t7-,8-,10+,13?/m0/s1. The second-order valence-electron chi connectivity index (χ2n) is 5.51. The summed E-state index contributed by atoms with van der Waals surface area (Å²) in [7, 11) is -0.741. The molecule has 74 valence electrons. The summed E-state index contributed by atoms with van der Waals surface area (Å²) in [5.41, 5.74) is 0.805. The van der Waals surface area contributed by atoms with E-state index in [-0.39, 0.29) is 0 Å². The van der Waals surface area contributed by atoms with Crippen LogP contribution in [0.25, 0.3) is 0 Å². The number of nitrogens with one attached hydrogen (secondary N) is 1. The third kappa shape index (κ3) is 0.769. The Morgan fingerprint density at radius 1 is 1.46 bits per heavy atom. The topological polar surface area (TPSA) is 29.1 Å². The van der Waals surface area contributed by atoms with Crippen LogP contribution < -0.4 is 4.72 Å². The molecule has 2 saturated carbocycles. The molecule has 1 saturated heterocycles. The first-order valence-electron chi connectivity index (χ1n) is 5.21. The first kappa shape index (κ1) is 8.42. The van der Waals surface area contributed by atoms with Gasteiger partial charge in [-0.05, 0) is 30.6 Å². The van der Waals surface area contributed by atoms with Crippen LogP contribution in [0.2, 0.25) is 0 Å². The van der Waals surface area contributed by atoms with Crippen molar-refractivity contribution in [2.75, 3.05) is 5.75 Å². The highest BCUT2D eigenvalue weighted by Crippen LogP contribution is 2.67. The average molecular weight is 199 g/mol. The van der Waals surface area contributed by atoms with Crippen LogP contribution in [0.4, 0.5) is 0 Å². The van der Waals surface area contributed by atoms with Gasteiger partial charge in [0, 0.05) is 17.2 Å². The molecular weight excluding hydrogens is 182 g/mol. The summed E-state index contributed by atoms with van der Waals surface area (Å²) < 4.78 is 14.8. The molecule has 2 aliphatic carbocycles. The molecule has 0 aromatic rings. The Hall–Kier alpha value is 0.110. The van der Waals surface area contributed by atoms with Gasteiger partial charge in [0.05, 0.1) is 11.0 Å². The highest BCUT2D eigenvalue weighted by molar-refractivity contribution is 7.83. The zero-order valence-corrected chi connectivity index (χ0v) is 9.12. The number of rotatable bonds is 0. The first-order chi connectivity index (χ1) is 6.06. The molecule has 1 spiro atoms. The largest absolute Gasteiger partial charge is 0.243 e. The van der Waals surface area contributed by atoms with E-state index in [0.29, 0.717) is 16.9 Å². The summed E-state index contributed by atoms with van der Waals surface area (Å²) in [4.78, 5) is 0. The highest BCUT2D eigenvalue weighted by Gasteiger charge is 2.67. The van der Waals surface area contributed by atoms with Crippen molar-refractivity contribution in [2.24, 2.45) is 16.7 Å². The molecular formula is C10H17NOS. The van der Waals surface area contributed by atoms with Crippen molar-refractivity contribution >= 4 is 11.0 Å². The van der Waals surface area contributed by atoms with Crippen molar-refractivity contribution in [2.45, 2.75) is 39.2 Å². The zero-order valence-electron chi connectivity index (χ0n) is 8.30. The molecule has 0 amide bonds. The van der Waals surface area contributed by atoms with Gasteiger partial charge in [-0.25, -0.2) is 8.93 Å². The van der Waals surface area contributed by atoms with Crippen LogP contribution >= 0.6 is 0 Å². The Bertz CT molecular complexity index is 289. The summed E-state index contributed by atoms with van der Waals surface area (Å²) in [5, 5.41) is 0. The van der Waals surface area contributed by atoms with Gasteiger partial charge in [0.25, 0.3) is 0 Å². The van der Waals surface area contributed by atoms with Crippen molar-refractivity contribution in [3.8, 4) is 0 Å². The molecule has 1 heterocycles. The maximum absolute atomic E-state index is 11.5. The fraction of sp³-hybridized carbons (Fsp3) is 1.00. The molecule has 3 aliphatic rings. The minimum Gasteiger partial charge on any atom is -0.243 e. The highest BCUT2D eigenvalue weighted by atomic mass is 32.2. The zero-order chi connectivity index (χ0) is 9.27. The van der Waals surface area contributed by atoms with Crippen LogP contribution in [0.15, 0.2) is 0 Å². The van der Waals surface area contributed by atoms with Crippen molar-refractivity contribution in [1.29, 1.82) is 0 Å². The quantitative estimate of drug-likeness (QED) is 0.628. The monoisotopic (exact) mass is 199 g/mol. The van der Waals surface area contributed by atoms with E-state index < -0.39 is 11.0 Å². The van der Waals surface area contributed by atoms with Crippen LogP contribution in [0.5, 0.6) is 0 Å². The molecule has 1 N–H and O–H groups in total. The minimum absolute atomic E-state index is 0.378. The summed E-state index contributed by atoms with van der Waals surface area (Å²) in [5.74, 6) is 1.78. The van der Waals surface area contributed by atoms with Crippen molar-refractivity contribution in [1.82, 2.24) is 4.72 Å². The third-order valence-electron chi connectivity index (χ3n) is 5.09. The SMILES string of the molecule is CC1(C)[C@H]2CC[C@]13CS(=O)N[C@H]3C2. The first-order valence-corrected chi connectivity index (χ1v) is 6.53. The molecule has 0 aromatic heterocycles. The van der Waals surface area contributed by atoms with E-state index in [0.717, 1.165) is 11.7 Å². The van der Waals surface area contributed by atoms with Crippen molar-refractivity contribution in [3.05, 3.63) is 0 Å². The van der Waals surface area contributed by atoms with Gasteiger partial charge >= 0.3 is 0 Å². The minimum atomic E-state index is -0.741. The van der Waals surface area contributed by atoms with Gasteiger partial charge in [0.2, 0.25) is 0 Å². The average Bonchev–Trinajstić information content (AvgIpc) is 2.55. The molecule has 0 aromatic carbocycles. The normalized spacial score (nSPS) is 56.9. The predicted molar refractivity (Wildman–Crippen MR) is 53.5 cm³/mol. The molecule has 13 heavy (non-hydrogen) atoms. The molecule has 2 nitrogen and oxygen atoms in total. The third-order valence-corrected chi connectivity index (χ3v) is 6.42. The van der Waals surface area contributed by atoms with Gasteiger partial charge < -0.3 is 0 Å². The van der Waals surface area contributed by atoms with Crippen molar-refractivity contribution in [3.63, 3.8) is 0 Å². The van der Waals surface area contributed by atoms with E-state index in [1.54, 1.807) is 0 Å². The predicted octanol–water partition coefficient (Wildman–Crippen LogP) is 1.45. The lowest BCUT2D eigenvalue weighted by Gasteiger charge is -2.36. The van der Waals surface area contributed by atoms with Crippen LogP contribution in [-0.2, 0) is 11.0 Å². The van der Waals surface area contributed by atoms with Gasteiger partial charge in [-0.3, -0.25) is 0 Å². The van der Waals surface area contributed by atoms with Gasteiger partial charge in [0.15, 0.2) is 0 Å². The van der Waals surface area contributed by atoms with E-state index >= 15 is 0 Å². The number of fused-ring (bicyclic) bond motifs is 1. The lowest BCUT2D eigenvalue weighted by molar-refractivity contribution is 0.146. The Morgan fingerprint density at radius 2 is 2.23 bits per heavy atom. The Morgan fingerprint density at radius 3 is 2.85 bits per heavy atom. The lowest BCUT2D eigenvalue weighted by Crippen LogP contribution is -2.39. The van der Waals surface area contributed by atoms with Gasteiger partial charge in [0.1, 0.15) is 0 Å². The smallest absolute Gasteiger partial charge is 0.0924 e. The molecule has 3 rings (SSSR count). The Kier molecular flexibility index (Phi) is 1.42. The van der Waals surface area contributed by atoms with E-state index in [1.165, 1.54) is 19.3 Å². The molecule has 0 radical (unpaired) electrons. The van der Waals surface area contributed by atoms with Crippen molar-refractivity contribution < 1.29 is 4.21 Å². The number of hydrogen-bond acceptors (Lipinski definition) is 1. The van der Waals surface area contributed by atoms with E-state index in [4.69, 9.17) is 0 Å². The van der Waals surface area contributed by atoms with Crippen LogP contribution in [0.3, 0.4) is 0 Å². The van der Waals surface area contributed by atoms with Gasteiger partial charge in [-0.2, -0.15) is 0 Å². The summed E-state index contributed by atoms with van der Waals surface area (Å²) >= 11 is 0. The van der Waals surface area contributed by atoms with Crippen LogP contribution in [-0.4, -0.2) is 16.0 Å². The summed E-state index contributed by atoms with van der Waals surface area (Å²) in [6, 6.07) is 0.557. The fourth-order valence-electron chi connectivity index (χ4n) is 4.02. The molecule has 1 unspecified atom stereocenters. The fourth-order valence-corrected chi connectivity index (χ4v) is 5.93. The van der Waals surface area contributed by atoms with E-state index in [1.807, 2.05) is 0 Å². The summed E-state index contributed by atoms with van der Waals surface area (Å²) in [6.45, 7) is 4.77. The maximum atomic E-state index is 11.5. The van der Waals surface area contributed by atoms with Crippen LogP contribution in [0, 0.1) is 16.7 Å². The van der Waals surface area contributed by atoms with Gasteiger partial charge in [-0.15, -0.1) is 0 Å².